The van der Waals surface area contributed by atoms with Crippen LogP contribution in [0.1, 0.15) is 11.1 Å². The first kappa shape index (κ1) is 11.9. The van der Waals surface area contributed by atoms with Crippen molar-refractivity contribution in [2.75, 3.05) is 5.32 Å². The third kappa shape index (κ3) is 2.57. The van der Waals surface area contributed by atoms with Gasteiger partial charge in [-0.1, -0.05) is 23.7 Å². The Bertz CT molecular complexity index is 667. The zero-order valence-electron chi connectivity index (χ0n) is 9.18. The number of rotatable bonds is 2. The first-order valence-electron chi connectivity index (χ1n) is 5.07. The van der Waals surface area contributed by atoms with E-state index in [1.54, 1.807) is 30.3 Å². The summed E-state index contributed by atoms with van der Waals surface area (Å²) < 4.78 is 0. The SMILES string of the molecule is N#Cc1cc(Cl)nc(Nc2ccccc2C#N)c1. The second-order valence-corrected chi connectivity index (χ2v) is 3.85. The van der Waals surface area contributed by atoms with Crippen molar-refractivity contribution < 1.29 is 0 Å². The van der Waals surface area contributed by atoms with E-state index in [9.17, 15) is 0 Å². The molecular weight excluding hydrogens is 248 g/mol. The van der Waals surface area contributed by atoms with Gasteiger partial charge in [0.05, 0.1) is 22.9 Å². The molecule has 2 aromatic rings. The van der Waals surface area contributed by atoms with Gasteiger partial charge in [0.1, 0.15) is 17.0 Å². The highest BCUT2D eigenvalue weighted by molar-refractivity contribution is 6.29. The van der Waals surface area contributed by atoms with Crippen LogP contribution in [-0.4, -0.2) is 4.98 Å². The summed E-state index contributed by atoms with van der Waals surface area (Å²) in [4.78, 5) is 4.05. The number of halogens is 1. The average Bonchev–Trinajstić information content (AvgIpc) is 2.38. The van der Waals surface area contributed by atoms with Gasteiger partial charge in [0.25, 0.3) is 0 Å². The Kier molecular flexibility index (Phi) is 3.43. The van der Waals surface area contributed by atoms with Gasteiger partial charge in [-0.05, 0) is 24.3 Å². The molecule has 0 amide bonds. The number of aromatic nitrogens is 1. The van der Waals surface area contributed by atoms with Crippen molar-refractivity contribution in [2.24, 2.45) is 0 Å². The van der Waals surface area contributed by atoms with Crippen LogP contribution in [0.5, 0.6) is 0 Å². The second-order valence-electron chi connectivity index (χ2n) is 3.46. The molecule has 0 bridgehead atoms. The zero-order valence-corrected chi connectivity index (χ0v) is 9.94. The Morgan fingerprint density at radius 1 is 1.11 bits per heavy atom. The predicted molar refractivity (Wildman–Crippen MR) is 68.4 cm³/mol. The Balaban J connectivity index is 2.38. The fourth-order valence-electron chi connectivity index (χ4n) is 1.45. The largest absolute Gasteiger partial charge is 0.339 e. The molecule has 0 saturated carbocycles. The lowest BCUT2D eigenvalue weighted by Gasteiger charge is -2.07. The summed E-state index contributed by atoms with van der Waals surface area (Å²) >= 11 is 5.80. The number of nitrogens with zero attached hydrogens (tertiary/aromatic N) is 3. The molecule has 18 heavy (non-hydrogen) atoms. The molecule has 0 aliphatic rings. The summed E-state index contributed by atoms with van der Waals surface area (Å²) in [5, 5.41) is 21.0. The molecule has 0 fully saturated rings. The van der Waals surface area contributed by atoms with Gasteiger partial charge in [0.2, 0.25) is 0 Å². The van der Waals surface area contributed by atoms with E-state index in [4.69, 9.17) is 22.1 Å². The number of benzene rings is 1. The molecule has 1 N–H and O–H groups in total. The van der Waals surface area contributed by atoms with Crippen LogP contribution in [0.3, 0.4) is 0 Å². The predicted octanol–water partition coefficient (Wildman–Crippen LogP) is 3.22. The number of hydrogen-bond acceptors (Lipinski definition) is 4. The lowest BCUT2D eigenvalue weighted by atomic mass is 10.2. The number of para-hydroxylation sites is 1. The summed E-state index contributed by atoms with van der Waals surface area (Å²) in [6.45, 7) is 0. The van der Waals surface area contributed by atoms with E-state index >= 15 is 0 Å². The van der Waals surface area contributed by atoms with Crippen molar-refractivity contribution in [3.8, 4) is 12.1 Å². The van der Waals surface area contributed by atoms with Crippen molar-refractivity contribution in [3.05, 3.63) is 52.7 Å². The van der Waals surface area contributed by atoms with Crippen LogP contribution in [0, 0.1) is 22.7 Å². The monoisotopic (exact) mass is 254 g/mol. The third-order valence-corrected chi connectivity index (χ3v) is 2.43. The van der Waals surface area contributed by atoms with E-state index < -0.39 is 0 Å². The number of nitriles is 2. The van der Waals surface area contributed by atoms with Gasteiger partial charge in [-0.2, -0.15) is 10.5 Å². The molecule has 86 valence electrons. The van der Waals surface area contributed by atoms with E-state index in [1.165, 1.54) is 6.07 Å². The summed E-state index contributed by atoms with van der Waals surface area (Å²) in [6.07, 6.45) is 0. The lowest BCUT2D eigenvalue weighted by molar-refractivity contribution is 1.29. The Labute approximate surface area is 109 Å². The normalized spacial score (nSPS) is 9.28. The van der Waals surface area contributed by atoms with Crippen LogP contribution in [0.2, 0.25) is 5.15 Å². The van der Waals surface area contributed by atoms with E-state index in [2.05, 4.69) is 16.4 Å². The molecular formula is C13H7ClN4. The smallest absolute Gasteiger partial charge is 0.133 e. The second kappa shape index (κ2) is 5.18. The average molecular weight is 255 g/mol. The minimum Gasteiger partial charge on any atom is -0.339 e. The fraction of sp³-hybridized carbons (Fsp3) is 0. The van der Waals surface area contributed by atoms with Crippen LogP contribution in [0.4, 0.5) is 11.5 Å². The van der Waals surface area contributed by atoms with Gasteiger partial charge in [-0.25, -0.2) is 4.98 Å². The van der Waals surface area contributed by atoms with Crippen LogP contribution in [0.15, 0.2) is 36.4 Å². The van der Waals surface area contributed by atoms with Crippen LogP contribution in [-0.2, 0) is 0 Å². The first-order chi connectivity index (χ1) is 8.72. The third-order valence-electron chi connectivity index (χ3n) is 2.23. The molecule has 1 aromatic carbocycles. The van der Waals surface area contributed by atoms with Gasteiger partial charge in [-0.3, -0.25) is 0 Å². The maximum Gasteiger partial charge on any atom is 0.133 e. The Hall–Kier alpha value is -2.56. The van der Waals surface area contributed by atoms with Gasteiger partial charge in [0, 0.05) is 0 Å². The van der Waals surface area contributed by atoms with E-state index in [-0.39, 0.29) is 5.15 Å². The minimum absolute atomic E-state index is 0.228. The number of hydrogen-bond donors (Lipinski definition) is 1. The van der Waals surface area contributed by atoms with Crippen molar-refractivity contribution in [2.45, 2.75) is 0 Å². The van der Waals surface area contributed by atoms with Gasteiger partial charge in [0.15, 0.2) is 0 Å². The minimum atomic E-state index is 0.228. The molecule has 2 rings (SSSR count). The first-order valence-corrected chi connectivity index (χ1v) is 5.44. The molecule has 4 nitrogen and oxygen atoms in total. The molecule has 5 heteroatoms. The Morgan fingerprint density at radius 3 is 2.61 bits per heavy atom. The standard InChI is InChI=1S/C13H7ClN4/c14-12-5-9(7-15)6-13(18-12)17-11-4-2-1-3-10(11)8-16/h1-6H,(H,17,18). The Morgan fingerprint density at radius 2 is 1.89 bits per heavy atom. The van der Waals surface area contributed by atoms with Gasteiger partial charge in [-0.15, -0.1) is 0 Å². The summed E-state index contributed by atoms with van der Waals surface area (Å²) in [5.41, 5.74) is 1.53. The van der Waals surface area contributed by atoms with Crippen LogP contribution < -0.4 is 5.32 Å². The quantitative estimate of drug-likeness (QED) is 0.835. The number of nitrogens with one attached hydrogen (secondary N) is 1. The summed E-state index contributed by atoms with van der Waals surface area (Å²) in [6, 6.07) is 14.1. The van der Waals surface area contributed by atoms with Crippen LogP contribution in [0.25, 0.3) is 0 Å². The molecule has 0 unspecified atom stereocenters. The van der Waals surface area contributed by atoms with E-state index in [1.807, 2.05) is 6.07 Å². The maximum atomic E-state index is 8.96. The lowest BCUT2D eigenvalue weighted by Crippen LogP contribution is -1.96. The fourth-order valence-corrected chi connectivity index (χ4v) is 1.66. The summed E-state index contributed by atoms with van der Waals surface area (Å²) in [7, 11) is 0. The van der Waals surface area contributed by atoms with Crippen molar-refractivity contribution in [3.63, 3.8) is 0 Å². The maximum absolute atomic E-state index is 8.96. The molecule has 1 heterocycles. The highest BCUT2D eigenvalue weighted by Crippen LogP contribution is 2.21. The molecule has 0 radical (unpaired) electrons. The van der Waals surface area contributed by atoms with Gasteiger partial charge >= 0.3 is 0 Å². The van der Waals surface area contributed by atoms with Crippen molar-refractivity contribution >= 4 is 23.1 Å². The molecule has 0 spiro atoms. The van der Waals surface area contributed by atoms with E-state index in [0.29, 0.717) is 22.6 Å². The topological polar surface area (TPSA) is 72.5 Å². The zero-order chi connectivity index (χ0) is 13.0. The molecule has 0 atom stereocenters. The molecule has 0 aliphatic heterocycles. The molecule has 0 aliphatic carbocycles. The summed E-state index contributed by atoms with van der Waals surface area (Å²) in [5.74, 6) is 0.432. The highest BCUT2D eigenvalue weighted by Gasteiger charge is 2.04. The molecule has 0 saturated heterocycles. The highest BCUT2D eigenvalue weighted by atomic mass is 35.5. The number of anilines is 2. The van der Waals surface area contributed by atoms with Gasteiger partial charge < -0.3 is 5.32 Å². The van der Waals surface area contributed by atoms with E-state index in [0.717, 1.165) is 0 Å². The van der Waals surface area contributed by atoms with Crippen molar-refractivity contribution in [1.82, 2.24) is 4.98 Å². The number of pyridine rings is 1. The molecule has 1 aromatic heterocycles. The van der Waals surface area contributed by atoms with Crippen LogP contribution >= 0.6 is 11.6 Å². The van der Waals surface area contributed by atoms with Crippen molar-refractivity contribution in [1.29, 1.82) is 10.5 Å².